The minimum absolute atomic E-state index is 0.327. The molecule has 0 saturated heterocycles. The number of carboxylic acid groups (broad SMARTS) is 1. The highest BCUT2D eigenvalue weighted by atomic mass is 16.4. The molecule has 0 amide bonds. The number of aliphatic carboxylic acids is 1. The van der Waals surface area contributed by atoms with Crippen LogP contribution in [0.5, 0.6) is 0 Å². The summed E-state index contributed by atoms with van der Waals surface area (Å²) >= 11 is 0. The first kappa shape index (κ1) is 10.2. The van der Waals surface area contributed by atoms with Crippen LogP contribution in [0.15, 0.2) is 6.20 Å². The van der Waals surface area contributed by atoms with Crippen LogP contribution in [-0.2, 0) is 18.3 Å². The van der Waals surface area contributed by atoms with E-state index < -0.39 is 5.97 Å². The molecule has 4 nitrogen and oxygen atoms in total. The number of nitrogens with zero attached hydrogens (tertiary/aromatic N) is 2. The van der Waals surface area contributed by atoms with Crippen molar-refractivity contribution < 1.29 is 9.90 Å². The van der Waals surface area contributed by atoms with Crippen molar-refractivity contribution in [3.8, 4) is 0 Å². The average Bonchev–Trinajstić information content (AvgIpc) is 2.92. The van der Waals surface area contributed by atoms with Gasteiger partial charge in [0.1, 0.15) is 0 Å². The van der Waals surface area contributed by atoms with E-state index in [4.69, 9.17) is 5.11 Å². The Bertz CT molecular complexity index is 380. The third kappa shape index (κ3) is 2.19. The zero-order valence-corrected chi connectivity index (χ0v) is 9.10. The Hall–Kier alpha value is -1.32. The molecule has 2 rings (SSSR count). The first-order valence-electron chi connectivity index (χ1n) is 5.33. The van der Waals surface area contributed by atoms with Crippen LogP contribution in [0.2, 0.25) is 0 Å². The number of carboxylic acids is 1. The number of aromatic nitrogens is 2. The van der Waals surface area contributed by atoms with Gasteiger partial charge in [-0.2, -0.15) is 5.10 Å². The third-order valence-corrected chi connectivity index (χ3v) is 2.85. The van der Waals surface area contributed by atoms with Crippen LogP contribution in [-0.4, -0.2) is 20.9 Å². The van der Waals surface area contributed by atoms with Crippen molar-refractivity contribution in [2.24, 2.45) is 13.0 Å². The molecule has 4 heteroatoms. The van der Waals surface area contributed by atoms with Gasteiger partial charge in [0, 0.05) is 19.2 Å². The minimum atomic E-state index is -0.736. The lowest BCUT2D eigenvalue weighted by atomic mass is 10.0. The molecule has 0 aromatic carbocycles. The van der Waals surface area contributed by atoms with E-state index in [1.165, 1.54) is 12.8 Å². The summed E-state index contributed by atoms with van der Waals surface area (Å²) in [6.45, 7) is 1.74. The molecule has 1 heterocycles. The normalized spacial score (nSPS) is 17.7. The highest BCUT2D eigenvalue weighted by Crippen LogP contribution is 2.41. The summed E-state index contributed by atoms with van der Waals surface area (Å²) in [5, 5.41) is 13.3. The summed E-state index contributed by atoms with van der Waals surface area (Å²) < 4.78 is 1.79. The Morgan fingerprint density at radius 3 is 2.93 bits per heavy atom. The average molecular weight is 208 g/mol. The van der Waals surface area contributed by atoms with E-state index in [9.17, 15) is 4.79 Å². The second-order valence-electron chi connectivity index (χ2n) is 4.43. The molecule has 82 valence electrons. The molecule has 1 fully saturated rings. The molecule has 1 aromatic heterocycles. The predicted octanol–water partition coefficient (Wildman–Crippen LogP) is 1.56. The molecule has 1 N–H and O–H groups in total. The van der Waals surface area contributed by atoms with E-state index in [2.05, 4.69) is 5.10 Å². The van der Waals surface area contributed by atoms with Crippen molar-refractivity contribution in [2.75, 3.05) is 0 Å². The third-order valence-electron chi connectivity index (χ3n) is 2.85. The molecule has 0 spiro atoms. The van der Waals surface area contributed by atoms with Crippen LogP contribution in [0.4, 0.5) is 0 Å². The zero-order valence-electron chi connectivity index (χ0n) is 9.10. The monoisotopic (exact) mass is 208 g/mol. The van der Waals surface area contributed by atoms with Crippen molar-refractivity contribution >= 4 is 5.97 Å². The topological polar surface area (TPSA) is 55.1 Å². The molecular formula is C11H16N2O2. The molecule has 0 aliphatic heterocycles. The van der Waals surface area contributed by atoms with Gasteiger partial charge in [0.25, 0.3) is 0 Å². The molecule has 0 radical (unpaired) electrons. The maximum Gasteiger partial charge on any atom is 0.306 e. The van der Waals surface area contributed by atoms with Crippen molar-refractivity contribution in [3.63, 3.8) is 0 Å². The summed E-state index contributed by atoms with van der Waals surface area (Å²) in [5.74, 6) is -0.477. The predicted molar refractivity (Wildman–Crippen MR) is 55.7 cm³/mol. The minimum Gasteiger partial charge on any atom is -0.481 e. The summed E-state index contributed by atoms with van der Waals surface area (Å²) in [4.78, 5) is 10.8. The SMILES string of the molecule is CC(Cc1cn(C)nc1C1CC1)C(=O)O. The van der Waals surface area contributed by atoms with Crippen molar-refractivity contribution in [3.05, 3.63) is 17.5 Å². The lowest BCUT2D eigenvalue weighted by Gasteiger charge is -2.05. The van der Waals surface area contributed by atoms with E-state index >= 15 is 0 Å². The van der Waals surface area contributed by atoms with Gasteiger partial charge in [0.15, 0.2) is 0 Å². The Kier molecular flexibility index (Phi) is 2.50. The molecule has 1 atom stereocenters. The van der Waals surface area contributed by atoms with Gasteiger partial charge in [-0.15, -0.1) is 0 Å². The fourth-order valence-corrected chi connectivity index (χ4v) is 1.83. The van der Waals surface area contributed by atoms with Gasteiger partial charge in [0.05, 0.1) is 11.6 Å². The smallest absolute Gasteiger partial charge is 0.306 e. The van der Waals surface area contributed by atoms with Gasteiger partial charge in [-0.3, -0.25) is 9.48 Å². The molecule has 1 aliphatic carbocycles. The largest absolute Gasteiger partial charge is 0.481 e. The lowest BCUT2D eigenvalue weighted by molar-refractivity contribution is -0.141. The van der Waals surface area contributed by atoms with Gasteiger partial charge >= 0.3 is 5.97 Å². The lowest BCUT2D eigenvalue weighted by Crippen LogP contribution is -2.12. The molecule has 0 bridgehead atoms. The first-order valence-corrected chi connectivity index (χ1v) is 5.33. The van der Waals surface area contributed by atoms with Gasteiger partial charge < -0.3 is 5.11 Å². The summed E-state index contributed by atoms with van der Waals surface area (Å²) in [6.07, 6.45) is 4.94. The fourth-order valence-electron chi connectivity index (χ4n) is 1.83. The van der Waals surface area contributed by atoms with E-state index in [1.807, 2.05) is 13.2 Å². The van der Waals surface area contributed by atoms with Crippen molar-refractivity contribution in [2.45, 2.75) is 32.1 Å². The van der Waals surface area contributed by atoms with Crippen LogP contribution < -0.4 is 0 Å². The highest BCUT2D eigenvalue weighted by molar-refractivity contribution is 5.69. The van der Waals surface area contributed by atoms with Crippen LogP contribution in [0.1, 0.15) is 36.9 Å². The van der Waals surface area contributed by atoms with Crippen LogP contribution in [0, 0.1) is 5.92 Å². The highest BCUT2D eigenvalue weighted by Gasteiger charge is 2.29. The Morgan fingerprint density at radius 1 is 1.73 bits per heavy atom. The van der Waals surface area contributed by atoms with Gasteiger partial charge in [0.2, 0.25) is 0 Å². The number of aryl methyl sites for hydroxylation is 1. The van der Waals surface area contributed by atoms with Crippen molar-refractivity contribution in [1.29, 1.82) is 0 Å². The summed E-state index contributed by atoms with van der Waals surface area (Å²) in [5.41, 5.74) is 2.22. The van der Waals surface area contributed by atoms with Gasteiger partial charge in [-0.25, -0.2) is 0 Å². The zero-order chi connectivity index (χ0) is 11.0. The second kappa shape index (κ2) is 3.68. The maximum atomic E-state index is 10.8. The van der Waals surface area contributed by atoms with Crippen LogP contribution in [0.25, 0.3) is 0 Å². The molecule has 1 unspecified atom stereocenters. The van der Waals surface area contributed by atoms with Gasteiger partial charge in [-0.1, -0.05) is 6.92 Å². The Morgan fingerprint density at radius 2 is 2.40 bits per heavy atom. The van der Waals surface area contributed by atoms with E-state index in [1.54, 1.807) is 11.6 Å². The fraction of sp³-hybridized carbons (Fsp3) is 0.636. The standard InChI is InChI=1S/C11H16N2O2/c1-7(11(14)15)5-9-6-13(2)12-10(9)8-3-4-8/h6-8H,3-5H2,1-2H3,(H,14,15). The first-order chi connectivity index (χ1) is 7.08. The molecule has 15 heavy (non-hydrogen) atoms. The molecular weight excluding hydrogens is 192 g/mol. The number of hydrogen-bond acceptors (Lipinski definition) is 2. The Labute approximate surface area is 88.9 Å². The second-order valence-corrected chi connectivity index (χ2v) is 4.43. The summed E-state index contributed by atoms with van der Waals surface area (Å²) in [6, 6.07) is 0. The van der Waals surface area contributed by atoms with Crippen LogP contribution in [0.3, 0.4) is 0 Å². The maximum absolute atomic E-state index is 10.8. The number of rotatable bonds is 4. The number of hydrogen-bond donors (Lipinski definition) is 1. The summed E-state index contributed by atoms with van der Waals surface area (Å²) in [7, 11) is 1.89. The van der Waals surface area contributed by atoms with Crippen LogP contribution >= 0.6 is 0 Å². The molecule has 1 saturated carbocycles. The molecule has 1 aromatic rings. The molecule has 1 aliphatic rings. The van der Waals surface area contributed by atoms with E-state index in [0.717, 1.165) is 11.3 Å². The van der Waals surface area contributed by atoms with E-state index in [-0.39, 0.29) is 5.92 Å². The van der Waals surface area contributed by atoms with Gasteiger partial charge in [-0.05, 0) is 24.8 Å². The quantitative estimate of drug-likeness (QED) is 0.817. The van der Waals surface area contributed by atoms with E-state index in [0.29, 0.717) is 12.3 Å². The van der Waals surface area contributed by atoms with Crippen molar-refractivity contribution in [1.82, 2.24) is 9.78 Å². The Balaban J connectivity index is 2.15. The number of carbonyl (C=O) groups is 1.